The van der Waals surface area contributed by atoms with Crippen molar-refractivity contribution in [2.24, 2.45) is 0 Å². The van der Waals surface area contributed by atoms with Gasteiger partial charge < -0.3 is 4.74 Å². The van der Waals surface area contributed by atoms with E-state index in [1.165, 1.54) is 0 Å². The molecule has 0 radical (unpaired) electrons. The number of carbonyl (C=O) groups is 4. The van der Waals surface area contributed by atoms with Crippen molar-refractivity contribution in [3.63, 3.8) is 0 Å². The molecule has 0 amide bonds. The third-order valence-corrected chi connectivity index (χ3v) is 2.31. The highest BCUT2D eigenvalue weighted by molar-refractivity contribution is 6.62. The summed E-state index contributed by atoms with van der Waals surface area (Å²) >= 11 is 0. The van der Waals surface area contributed by atoms with Crippen molar-refractivity contribution < 1.29 is 23.9 Å². The number of ketones is 2. The second-order valence-corrected chi connectivity index (χ2v) is 3.83. The third kappa shape index (κ3) is 6.73. The third-order valence-electron chi connectivity index (χ3n) is 2.31. The molecule has 0 saturated carbocycles. The standard InChI is InChI=1S/C13H18O5/c1-3-5-6-7-8-9-10(14)12(16)13(17)18-11(15)4-2/h4H,2-3,5-9H2,1H3. The molecule has 0 aliphatic heterocycles. The Hall–Kier alpha value is -1.78. The van der Waals surface area contributed by atoms with Crippen LogP contribution in [0.1, 0.15) is 45.4 Å². The Morgan fingerprint density at radius 3 is 2.22 bits per heavy atom. The van der Waals surface area contributed by atoms with Crippen LogP contribution in [0.5, 0.6) is 0 Å². The normalized spacial score (nSPS) is 9.61. The van der Waals surface area contributed by atoms with E-state index in [-0.39, 0.29) is 6.42 Å². The van der Waals surface area contributed by atoms with Gasteiger partial charge in [-0.05, 0) is 6.42 Å². The van der Waals surface area contributed by atoms with Crippen LogP contribution in [-0.4, -0.2) is 23.5 Å². The lowest BCUT2D eigenvalue weighted by molar-refractivity contribution is -0.162. The zero-order chi connectivity index (χ0) is 14.0. The quantitative estimate of drug-likeness (QED) is 0.206. The van der Waals surface area contributed by atoms with Crippen LogP contribution in [0, 0.1) is 0 Å². The van der Waals surface area contributed by atoms with Gasteiger partial charge in [0.15, 0.2) is 0 Å². The van der Waals surface area contributed by atoms with Crippen molar-refractivity contribution >= 4 is 23.5 Å². The number of hydrogen-bond acceptors (Lipinski definition) is 5. The van der Waals surface area contributed by atoms with Crippen LogP contribution >= 0.6 is 0 Å². The van der Waals surface area contributed by atoms with Crippen LogP contribution in [0.15, 0.2) is 12.7 Å². The molecule has 0 atom stereocenters. The van der Waals surface area contributed by atoms with Crippen LogP contribution < -0.4 is 0 Å². The van der Waals surface area contributed by atoms with E-state index in [2.05, 4.69) is 18.2 Å². The lowest BCUT2D eigenvalue weighted by atomic mass is 10.1. The Kier molecular flexibility index (Phi) is 8.35. The van der Waals surface area contributed by atoms with Crippen LogP contribution in [-0.2, 0) is 23.9 Å². The molecule has 0 N–H and O–H groups in total. The van der Waals surface area contributed by atoms with Crippen molar-refractivity contribution in [2.45, 2.75) is 45.4 Å². The van der Waals surface area contributed by atoms with Crippen molar-refractivity contribution in [1.82, 2.24) is 0 Å². The Bertz CT molecular complexity index is 343. The van der Waals surface area contributed by atoms with E-state index in [4.69, 9.17) is 0 Å². The number of ether oxygens (including phenoxy) is 1. The molecule has 5 nitrogen and oxygen atoms in total. The highest BCUT2D eigenvalue weighted by atomic mass is 16.6. The van der Waals surface area contributed by atoms with Crippen molar-refractivity contribution in [3.05, 3.63) is 12.7 Å². The minimum absolute atomic E-state index is 0.0138. The molecule has 0 aliphatic rings. The molecule has 0 bridgehead atoms. The predicted octanol–water partition coefficient (Wildman–Crippen LogP) is 1.74. The van der Waals surface area contributed by atoms with Gasteiger partial charge in [0.1, 0.15) is 0 Å². The fourth-order valence-electron chi connectivity index (χ4n) is 1.30. The molecule has 100 valence electrons. The van der Waals surface area contributed by atoms with Crippen LogP contribution in [0.4, 0.5) is 0 Å². The number of carbonyl (C=O) groups excluding carboxylic acids is 4. The zero-order valence-corrected chi connectivity index (χ0v) is 10.6. The lowest BCUT2D eigenvalue weighted by Gasteiger charge is -2.00. The Balaban J connectivity index is 3.95. The highest BCUT2D eigenvalue weighted by Gasteiger charge is 2.25. The van der Waals surface area contributed by atoms with E-state index in [1.807, 2.05) is 0 Å². The summed E-state index contributed by atoms with van der Waals surface area (Å²) in [6.45, 7) is 5.14. The van der Waals surface area contributed by atoms with Gasteiger partial charge in [0, 0.05) is 12.5 Å². The van der Waals surface area contributed by atoms with Gasteiger partial charge in [0.2, 0.25) is 5.78 Å². The van der Waals surface area contributed by atoms with Crippen molar-refractivity contribution in [1.29, 1.82) is 0 Å². The number of esters is 2. The van der Waals surface area contributed by atoms with Gasteiger partial charge in [-0.3, -0.25) is 9.59 Å². The second kappa shape index (κ2) is 9.27. The SMILES string of the molecule is C=CC(=O)OC(=O)C(=O)C(=O)CCCCCCC. The maximum absolute atomic E-state index is 11.3. The predicted molar refractivity (Wildman–Crippen MR) is 64.7 cm³/mol. The summed E-state index contributed by atoms with van der Waals surface area (Å²) in [5.41, 5.74) is 0. The summed E-state index contributed by atoms with van der Waals surface area (Å²) in [5.74, 6) is -4.56. The number of Topliss-reactive ketones (excluding diaryl/α,β-unsaturated/α-hetero) is 2. The monoisotopic (exact) mass is 254 g/mol. The van der Waals surface area contributed by atoms with Gasteiger partial charge in [-0.15, -0.1) is 0 Å². The smallest absolute Gasteiger partial charge is 0.384 e. The van der Waals surface area contributed by atoms with Gasteiger partial charge in [-0.1, -0.05) is 39.2 Å². The molecule has 5 heteroatoms. The van der Waals surface area contributed by atoms with Crippen LogP contribution in [0.3, 0.4) is 0 Å². The number of hydrogen-bond donors (Lipinski definition) is 0. The lowest BCUT2D eigenvalue weighted by Crippen LogP contribution is -2.27. The van der Waals surface area contributed by atoms with E-state index < -0.39 is 23.5 Å². The minimum atomic E-state index is -1.43. The average molecular weight is 254 g/mol. The Labute approximate surface area is 106 Å². The molecular weight excluding hydrogens is 236 g/mol. The topological polar surface area (TPSA) is 77.5 Å². The van der Waals surface area contributed by atoms with Gasteiger partial charge in [-0.2, -0.15) is 0 Å². The molecular formula is C13H18O5. The molecule has 0 aromatic rings. The Morgan fingerprint density at radius 1 is 1.06 bits per heavy atom. The minimum Gasteiger partial charge on any atom is -0.384 e. The molecule has 0 saturated heterocycles. The highest BCUT2D eigenvalue weighted by Crippen LogP contribution is 2.05. The molecule has 0 aromatic heterocycles. The molecule has 0 aromatic carbocycles. The first-order valence-corrected chi connectivity index (χ1v) is 5.98. The first-order valence-electron chi connectivity index (χ1n) is 5.98. The van der Waals surface area contributed by atoms with Crippen LogP contribution in [0.25, 0.3) is 0 Å². The van der Waals surface area contributed by atoms with E-state index in [0.717, 1.165) is 31.8 Å². The summed E-state index contributed by atoms with van der Waals surface area (Å²) in [4.78, 5) is 44.2. The molecule has 0 fully saturated rings. The number of unbranched alkanes of at least 4 members (excludes halogenated alkanes) is 4. The fraction of sp³-hybridized carbons (Fsp3) is 0.538. The second-order valence-electron chi connectivity index (χ2n) is 3.83. The van der Waals surface area contributed by atoms with E-state index >= 15 is 0 Å². The van der Waals surface area contributed by atoms with Gasteiger partial charge in [0.05, 0.1) is 0 Å². The maximum Gasteiger partial charge on any atom is 0.390 e. The fourth-order valence-corrected chi connectivity index (χ4v) is 1.30. The summed E-state index contributed by atoms with van der Waals surface area (Å²) in [7, 11) is 0. The molecule has 0 spiro atoms. The zero-order valence-electron chi connectivity index (χ0n) is 10.6. The summed E-state index contributed by atoms with van der Waals surface area (Å²) in [5, 5.41) is 0. The maximum atomic E-state index is 11.3. The van der Waals surface area contributed by atoms with Crippen molar-refractivity contribution in [3.8, 4) is 0 Å². The molecule has 0 rings (SSSR count). The summed E-state index contributed by atoms with van der Waals surface area (Å²) in [6.07, 6.45) is 5.33. The molecule has 18 heavy (non-hydrogen) atoms. The molecule has 0 aliphatic carbocycles. The summed E-state index contributed by atoms with van der Waals surface area (Å²) in [6, 6.07) is 0. The molecule has 0 unspecified atom stereocenters. The average Bonchev–Trinajstić information content (AvgIpc) is 2.36. The van der Waals surface area contributed by atoms with E-state index in [9.17, 15) is 19.2 Å². The van der Waals surface area contributed by atoms with Crippen molar-refractivity contribution in [2.75, 3.05) is 0 Å². The number of rotatable bonds is 9. The van der Waals surface area contributed by atoms with Gasteiger partial charge in [-0.25, -0.2) is 9.59 Å². The molecule has 0 heterocycles. The van der Waals surface area contributed by atoms with Crippen LogP contribution in [0.2, 0.25) is 0 Å². The van der Waals surface area contributed by atoms with E-state index in [0.29, 0.717) is 6.42 Å². The first-order chi connectivity index (χ1) is 8.52. The summed E-state index contributed by atoms with van der Waals surface area (Å²) < 4.78 is 4.06. The first kappa shape index (κ1) is 16.2. The Morgan fingerprint density at radius 2 is 1.67 bits per heavy atom. The largest absolute Gasteiger partial charge is 0.390 e. The van der Waals surface area contributed by atoms with E-state index in [1.54, 1.807) is 0 Å². The van der Waals surface area contributed by atoms with Gasteiger partial charge in [0.25, 0.3) is 0 Å². The van der Waals surface area contributed by atoms with Gasteiger partial charge >= 0.3 is 17.7 Å².